The van der Waals surface area contributed by atoms with E-state index in [0.717, 1.165) is 78.9 Å². The molecule has 4 aliphatic rings. The van der Waals surface area contributed by atoms with E-state index in [1.807, 2.05) is 0 Å². The summed E-state index contributed by atoms with van der Waals surface area (Å²) in [4.78, 5) is 0. The van der Waals surface area contributed by atoms with E-state index in [9.17, 15) is 0 Å². The van der Waals surface area contributed by atoms with E-state index >= 15 is 9.13 Å². The Morgan fingerprint density at radius 2 is 0.881 bits per heavy atom. The Bertz CT molecular complexity index is 1230. The molecule has 0 saturated heterocycles. The van der Waals surface area contributed by atoms with Crippen LogP contribution in [-0.4, -0.2) is 29.7 Å². The SMILES string of the molecule is COc1cccc(P(=O)(C2CCCCC2)C2CCCCC2)c1-c1ccccc1P(=O)(C1CCCCC1)C1CCCCC1. The highest BCUT2D eigenvalue weighted by Gasteiger charge is 2.47. The van der Waals surface area contributed by atoms with Gasteiger partial charge in [0.25, 0.3) is 0 Å². The van der Waals surface area contributed by atoms with E-state index in [4.69, 9.17) is 4.74 Å². The van der Waals surface area contributed by atoms with Gasteiger partial charge in [0.1, 0.15) is 20.0 Å². The Kier molecular flexibility index (Phi) is 10.1. The lowest BCUT2D eigenvalue weighted by Crippen LogP contribution is -2.33. The number of hydrogen-bond acceptors (Lipinski definition) is 3. The third kappa shape index (κ3) is 5.76. The Labute approximate surface area is 255 Å². The van der Waals surface area contributed by atoms with Crippen LogP contribution < -0.4 is 15.3 Å². The zero-order valence-corrected chi connectivity index (χ0v) is 27.9. The van der Waals surface area contributed by atoms with Crippen molar-refractivity contribution in [2.24, 2.45) is 0 Å². The van der Waals surface area contributed by atoms with Gasteiger partial charge >= 0.3 is 0 Å². The van der Waals surface area contributed by atoms with Crippen molar-refractivity contribution in [3.8, 4) is 16.9 Å². The molecule has 4 saturated carbocycles. The van der Waals surface area contributed by atoms with Crippen molar-refractivity contribution in [2.75, 3.05) is 7.11 Å². The zero-order valence-electron chi connectivity index (χ0n) is 26.1. The average molecular weight is 609 g/mol. The summed E-state index contributed by atoms with van der Waals surface area (Å²) in [5, 5.41) is 2.13. The molecule has 0 heterocycles. The van der Waals surface area contributed by atoms with Gasteiger partial charge in [0.15, 0.2) is 0 Å². The summed E-state index contributed by atoms with van der Waals surface area (Å²) >= 11 is 0. The zero-order chi connectivity index (χ0) is 29.0. The molecule has 3 nitrogen and oxygen atoms in total. The second-order valence-electron chi connectivity index (χ2n) is 14.0. The van der Waals surface area contributed by atoms with E-state index in [2.05, 4.69) is 42.5 Å². The number of rotatable bonds is 8. The Hall–Kier alpha value is -1.30. The molecule has 0 amide bonds. The van der Waals surface area contributed by atoms with Gasteiger partial charge < -0.3 is 13.9 Å². The van der Waals surface area contributed by atoms with Crippen molar-refractivity contribution >= 4 is 24.9 Å². The van der Waals surface area contributed by atoms with Crippen LogP contribution >= 0.6 is 14.3 Å². The Balaban J connectivity index is 1.56. The van der Waals surface area contributed by atoms with E-state index < -0.39 is 14.3 Å². The van der Waals surface area contributed by atoms with Crippen LogP contribution in [0.1, 0.15) is 128 Å². The van der Waals surface area contributed by atoms with Crippen LogP contribution in [0.15, 0.2) is 42.5 Å². The maximum atomic E-state index is 16.0. The van der Waals surface area contributed by atoms with Gasteiger partial charge in [-0.1, -0.05) is 113 Å². The molecule has 2 aromatic carbocycles. The fourth-order valence-corrected chi connectivity index (χ4v) is 18.6. The van der Waals surface area contributed by atoms with Crippen LogP contribution in [0, 0.1) is 0 Å². The molecular weight excluding hydrogens is 554 g/mol. The van der Waals surface area contributed by atoms with Gasteiger partial charge in [0.2, 0.25) is 0 Å². The summed E-state index contributed by atoms with van der Waals surface area (Å²) in [6, 6.07) is 15.0. The Morgan fingerprint density at radius 3 is 1.31 bits per heavy atom. The summed E-state index contributed by atoms with van der Waals surface area (Å²) in [5.41, 5.74) is 3.15. The molecule has 0 radical (unpaired) electrons. The predicted octanol–water partition coefficient (Wildman–Crippen LogP) is 10.7. The molecule has 0 atom stereocenters. The van der Waals surface area contributed by atoms with Crippen molar-refractivity contribution < 1.29 is 13.9 Å². The van der Waals surface area contributed by atoms with E-state index in [0.29, 0.717) is 0 Å². The molecule has 42 heavy (non-hydrogen) atoms. The van der Waals surface area contributed by atoms with Gasteiger partial charge in [-0.3, -0.25) is 0 Å². The number of methoxy groups -OCH3 is 1. The third-order valence-corrected chi connectivity index (χ3v) is 20.3. The third-order valence-electron chi connectivity index (χ3n) is 11.6. The van der Waals surface area contributed by atoms with Gasteiger partial charge in [-0.25, -0.2) is 0 Å². The van der Waals surface area contributed by atoms with Crippen molar-refractivity contribution in [3.05, 3.63) is 42.5 Å². The first-order valence-corrected chi connectivity index (χ1v) is 21.2. The quantitative estimate of drug-likeness (QED) is 0.280. The molecule has 4 aliphatic carbocycles. The highest BCUT2D eigenvalue weighted by atomic mass is 31.2. The summed E-state index contributed by atoms with van der Waals surface area (Å²) in [5.74, 6) is 0.811. The van der Waals surface area contributed by atoms with E-state index in [1.165, 1.54) is 77.0 Å². The van der Waals surface area contributed by atoms with E-state index in [-0.39, 0.29) is 22.6 Å². The predicted molar refractivity (Wildman–Crippen MR) is 180 cm³/mol. The molecule has 6 rings (SSSR count). The highest BCUT2D eigenvalue weighted by molar-refractivity contribution is 7.74. The highest BCUT2D eigenvalue weighted by Crippen LogP contribution is 2.66. The van der Waals surface area contributed by atoms with Crippen LogP contribution in [0.2, 0.25) is 0 Å². The van der Waals surface area contributed by atoms with Crippen LogP contribution in [0.3, 0.4) is 0 Å². The lowest BCUT2D eigenvalue weighted by Gasteiger charge is -2.41. The van der Waals surface area contributed by atoms with Gasteiger partial charge in [0.05, 0.1) is 7.11 Å². The van der Waals surface area contributed by atoms with Crippen molar-refractivity contribution in [1.29, 1.82) is 0 Å². The van der Waals surface area contributed by atoms with Crippen molar-refractivity contribution in [2.45, 2.75) is 151 Å². The maximum Gasteiger partial charge on any atom is 0.127 e. The van der Waals surface area contributed by atoms with Gasteiger partial charge in [-0.15, -0.1) is 0 Å². The molecule has 0 unspecified atom stereocenters. The molecule has 0 aliphatic heterocycles. The largest absolute Gasteiger partial charge is 0.496 e. The minimum Gasteiger partial charge on any atom is -0.496 e. The lowest BCUT2D eigenvalue weighted by atomic mass is 9.99. The second-order valence-corrected chi connectivity index (χ2v) is 20.7. The topological polar surface area (TPSA) is 43.4 Å². The first-order valence-electron chi connectivity index (χ1n) is 17.5. The smallest absolute Gasteiger partial charge is 0.127 e. The lowest BCUT2D eigenvalue weighted by molar-refractivity contribution is 0.416. The fourth-order valence-electron chi connectivity index (χ4n) is 9.48. The molecule has 0 bridgehead atoms. The fraction of sp³-hybridized carbons (Fsp3) is 0.676. The monoisotopic (exact) mass is 608 g/mol. The molecule has 5 heteroatoms. The number of ether oxygens (including phenoxy) is 1. The molecular formula is C37H54O3P2. The summed E-state index contributed by atoms with van der Waals surface area (Å²) in [6.07, 6.45) is 23.3. The second kappa shape index (κ2) is 13.8. The van der Waals surface area contributed by atoms with Gasteiger partial charge in [0, 0.05) is 38.8 Å². The number of benzene rings is 2. The van der Waals surface area contributed by atoms with Gasteiger partial charge in [-0.05, 0) is 63.0 Å². The first kappa shape index (κ1) is 30.7. The molecule has 230 valence electrons. The van der Waals surface area contributed by atoms with E-state index in [1.54, 1.807) is 7.11 Å². The summed E-state index contributed by atoms with van der Waals surface area (Å²) in [7, 11) is -3.75. The van der Waals surface area contributed by atoms with Crippen LogP contribution in [-0.2, 0) is 9.13 Å². The molecule has 0 N–H and O–H groups in total. The maximum absolute atomic E-state index is 16.0. The minimum absolute atomic E-state index is 0.260. The minimum atomic E-state index is -2.77. The molecule has 0 aromatic heterocycles. The van der Waals surface area contributed by atoms with Gasteiger partial charge in [-0.2, -0.15) is 0 Å². The van der Waals surface area contributed by atoms with Crippen molar-refractivity contribution in [1.82, 2.24) is 0 Å². The molecule has 2 aromatic rings. The number of hydrogen-bond donors (Lipinski definition) is 0. The van der Waals surface area contributed by atoms with Crippen LogP contribution in [0.4, 0.5) is 0 Å². The summed E-state index contributed by atoms with van der Waals surface area (Å²) < 4.78 is 38.2. The standard InChI is InChI=1S/C37H54O3P2/c1-40-34-26-16-28-36(42(39,31-21-10-4-11-22-31)32-23-12-5-13-24-32)37(34)33-25-14-15-27-35(33)41(38,29-17-6-2-7-18-29)30-19-8-3-9-20-30/h14-16,25-32H,2-13,17-24H2,1H3. The molecule has 0 spiro atoms. The Morgan fingerprint density at radius 1 is 0.500 bits per heavy atom. The normalized spacial score (nSPS) is 22.7. The summed E-state index contributed by atoms with van der Waals surface area (Å²) in [6.45, 7) is 0. The molecule has 4 fully saturated rings. The van der Waals surface area contributed by atoms with Crippen LogP contribution in [0.25, 0.3) is 11.1 Å². The average Bonchev–Trinajstić information content (AvgIpc) is 3.08. The van der Waals surface area contributed by atoms with Crippen LogP contribution in [0.5, 0.6) is 5.75 Å². The van der Waals surface area contributed by atoms with Crippen molar-refractivity contribution in [3.63, 3.8) is 0 Å². The first-order chi connectivity index (χ1) is 20.6.